The van der Waals surface area contributed by atoms with Crippen molar-refractivity contribution in [1.29, 1.82) is 0 Å². The second kappa shape index (κ2) is 7.95. The Labute approximate surface area is 162 Å². The Morgan fingerprint density at radius 2 is 1.96 bits per heavy atom. The van der Waals surface area contributed by atoms with Gasteiger partial charge in [-0.25, -0.2) is 4.98 Å². The summed E-state index contributed by atoms with van der Waals surface area (Å²) in [5.74, 6) is -2.50. The maximum absolute atomic E-state index is 12.8. The zero-order chi connectivity index (χ0) is 20.4. The first kappa shape index (κ1) is 19.8. The number of nitrogens with zero attached hydrogens (tertiary/aromatic N) is 3. The van der Waals surface area contributed by atoms with E-state index < -0.39 is 17.8 Å². The predicted octanol–water partition coefficient (Wildman–Crippen LogP) is 0.630. The number of H-pyrrole nitrogens is 1. The van der Waals surface area contributed by atoms with Gasteiger partial charge in [0.15, 0.2) is 0 Å². The number of aryl methyl sites for hydroxylation is 2. The van der Waals surface area contributed by atoms with Gasteiger partial charge in [0.25, 0.3) is 5.56 Å². The summed E-state index contributed by atoms with van der Waals surface area (Å²) in [5, 5.41) is 18.5. The number of nitrogens with one attached hydrogen (secondary N) is 2. The van der Waals surface area contributed by atoms with Crippen molar-refractivity contribution in [2.75, 3.05) is 5.32 Å². The molecule has 1 fully saturated rings. The Morgan fingerprint density at radius 1 is 1.29 bits per heavy atom. The van der Waals surface area contributed by atoms with Crippen LogP contribution in [0.4, 0.5) is 5.82 Å². The molecule has 0 radical (unpaired) electrons. The van der Waals surface area contributed by atoms with Crippen LogP contribution in [-0.2, 0) is 16.0 Å². The molecule has 2 aromatic heterocycles. The zero-order valence-electron chi connectivity index (χ0n) is 16.2. The Balaban J connectivity index is 1.92. The largest absolute Gasteiger partial charge is 0.550 e. The Kier molecular flexibility index (Phi) is 5.62. The van der Waals surface area contributed by atoms with Crippen molar-refractivity contribution < 1.29 is 14.7 Å². The number of hydrogen-bond acceptors (Lipinski definition) is 6. The lowest BCUT2D eigenvalue weighted by Crippen LogP contribution is -2.42. The summed E-state index contributed by atoms with van der Waals surface area (Å²) in [6.07, 6.45) is 3.06. The second-order valence-corrected chi connectivity index (χ2v) is 7.20. The van der Waals surface area contributed by atoms with Crippen LogP contribution in [0.5, 0.6) is 0 Å². The number of carbonyl (C=O) groups is 2. The van der Waals surface area contributed by atoms with E-state index in [-0.39, 0.29) is 17.4 Å². The van der Waals surface area contributed by atoms with Crippen LogP contribution in [0.2, 0.25) is 0 Å². The topological polar surface area (TPSA) is 133 Å². The van der Waals surface area contributed by atoms with Crippen LogP contribution in [0.3, 0.4) is 0 Å². The zero-order valence-corrected chi connectivity index (χ0v) is 16.2. The lowest BCUT2D eigenvalue weighted by molar-refractivity contribution is -0.313. The summed E-state index contributed by atoms with van der Waals surface area (Å²) in [6, 6.07) is 1.65. The average molecular weight is 386 g/mol. The van der Waals surface area contributed by atoms with Crippen molar-refractivity contribution in [1.82, 2.24) is 19.7 Å². The van der Waals surface area contributed by atoms with Gasteiger partial charge >= 0.3 is 0 Å². The molecule has 9 heteroatoms. The molecule has 0 saturated heterocycles. The number of aromatic amines is 1. The van der Waals surface area contributed by atoms with Crippen molar-refractivity contribution in [3.8, 4) is 5.95 Å². The van der Waals surface area contributed by atoms with Gasteiger partial charge in [-0.1, -0.05) is 19.8 Å². The first-order chi connectivity index (χ1) is 13.3. The number of hydrogen-bond donors (Lipinski definition) is 2. The average Bonchev–Trinajstić information content (AvgIpc) is 3.01. The van der Waals surface area contributed by atoms with Crippen LogP contribution < -0.4 is 16.0 Å². The highest BCUT2D eigenvalue weighted by atomic mass is 16.4. The van der Waals surface area contributed by atoms with E-state index in [2.05, 4.69) is 20.4 Å². The smallest absolute Gasteiger partial charge is 0.255 e. The molecule has 0 spiro atoms. The third-order valence-electron chi connectivity index (χ3n) is 5.25. The second-order valence-electron chi connectivity index (χ2n) is 7.20. The molecule has 2 aromatic rings. The fraction of sp³-hybridized carbons (Fsp3) is 0.526. The highest BCUT2D eigenvalue weighted by molar-refractivity contribution is 5.94. The summed E-state index contributed by atoms with van der Waals surface area (Å²) in [7, 11) is 0. The first-order valence-electron chi connectivity index (χ1n) is 9.50. The molecule has 3 rings (SSSR count). The maximum Gasteiger partial charge on any atom is 0.255 e. The minimum atomic E-state index is -1.19. The Morgan fingerprint density at radius 3 is 2.57 bits per heavy atom. The third kappa shape index (κ3) is 3.83. The van der Waals surface area contributed by atoms with Crippen molar-refractivity contribution in [3.63, 3.8) is 0 Å². The Bertz CT molecular complexity index is 962. The standard InChI is InChI=1S/C19H25N5O4/c1-4-12-11(3)20-19(22-16(12)25)24-15(9-10(2)23-24)21-17(26)13-7-5-6-8-14(13)18(27)28/h9,13-14H,4-8H2,1-3H3,(H,21,26)(H,27,28)(H,20,22,25)/p-1/t13-,14-/m1/s1. The molecule has 2 atom stereocenters. The molecule has 150 valence electrons. The number of aromatic nitrogens is 4. The summed E-state index contributed by atoms with van der Waals surface area (Å²) < 4.78 is 1.36. The van der Waals surface area contributed by atoms with Gasteiger partial charge in [-0.05, 0) is 33.1 Å². The van der Waals surface area contributed by atoms with Gasteiger partial charge in [0, 0.05) is 35.1 Å². The summed E-state index contributed by atoms with van der Waals surface area (Å²) in [4.78, 5) is 43.5. The molecule has 2 heterocycles. The molecule has 0 aromatic carbocycles. The highest BCUT2D eigenvalue weighted by Crippen LogP contribution is 2.31. The van der Waals surface area contributed by atoms with Gasteiger partial charge < -0.3 is 15.2 Å². The van der Waals surface area contributed by atoms with Crippen molar-refractivity contribution >= 4 is 17.7 Å². The van der Waals surface area contributed by atoms with E-state index in [0.29, 0.717) is 42.0 Å². The number of rotatable bonds is 5. The van der Waals surface area contributed by atoms with Gasteiger partial charge in [-0.3, -0.25) is 14.6 Å². The molecule has 1 saturated carbocycles. The van der Waals surface area contributed by atoms with E-state index >= 15 is 0 Å². The number of carbonyl (C=O) groups excluding carboxylic acids is 2. The van der Waals surface area contributed by atoms with E-state index in [1.807, 2.05) is 6.92 Å². The van der Waals surface area contributed by atoms with Crippen LogP contribution in [0.25, 0.3) is 5.95 Å². The fourth-order valence-corrected chi connectivity index (χ4v) is 3.81. The SMILES string of the molecule is CCc1c(C)nc(-n2nc(C)cc2NC(=O)[C@@H]2CCCC[C@H]2C(=O)[O-])[nH]c1=O. The molecule has 0 aliphatic heterocycles. The van der Waals surface area contributed by atoms with Gasteiger partial charge in [0.1, 0.15) is 5.82 Å². The molecule has 2 N–H and O–H groups in total. The summed E-state index contributed by atoms with van der Waals surface area (Å²) in [5.41, 5.74) is 1.56. The van der Waals surface area contributed by atoms with Gasteiger partial charge in [-0.2, -0.15) is 9.78 Å². The van der Waals surface area contributed by atoms with E-state index in [4.69, 9.17) is 0 Å². The van der Waals surface area contributed by atoms with Gasteiger partial charge in [0.05, 0.1) is 5.69 Å². The van der Waals surface area contributed by atoms with Crippen LogP contribution in [0, 0.1) is 25.7 Å². The van der Waals surface area contributed by atoms with Gasteiger partial charge in [-0.15, -0.1) is 0 Å². The van der Waals surface area contributed by atoms with Crippen LogP contribution >= 0.6 is 0 Å². The van der Waals surface area contributed by atoms with Crippen molar-refractivity contribution in [2.24, 2.45) is 11.8 Å². The minimum absolute atomic E-state index is 0.197. The molecular weight excluding hydrogens is 362 g/mol. The molecular formula is C19H24N5O4-. The lowest BCUT2D eigenvalue weighted by Gasteiger charge is -2.31. The van der Waals surface area contributed by atoms with Gasteiger partial charge in [0.2, 0.25) is 11.9 Å². The van der Waals surface area contributed by atoms with Crippen molar-refractivity contribution in [3.05, 3.63) is 33.4 Å². The summed E-state index contributed by atoms with van der Waals surface area (Å²) in [6.45, 7) is 5.38. The number of carboxylic acid groups (broad SMARTS) is 1. The molecule has 0 unspecified atom stereocenters. The molecule has 28 heavy (non-hydrogen) atoms. The normalized spacial score (nSPS) is 19.4. The maximum atomic E-state index is 12.8. The number of carboxylic acids is 1. The molecule has 1 amide bonds. The highest BCUT2D eigenvalue weighted by Gasteiger charge is 2.32. The predicted molar refractivity (Wildman–Crippen MR) is 99.9 cm³/mol. The first-order valence-corrected chi connectivity index (χ1v) is 9.50. The summed E-state index contributed by atoms with van der Waals surface area (Å²) >= 11 is 0. The molecule has 0 bridgehead atoms. The quantitative estimate of drug-likeness (QED) is 0.774. The van der Waals surface area contributed by atoms with Crippen LogP contribution in [0.15, 0.2) is 10.9 Å². The number of amides is 1. The number of anilines is 1. The minimum Gasteiger partial charge on any atom is -0.550 e. The van der Waals surface area contributed by atoms with Crippen LogP contribution in [-0.4, -0.2) is 31.6 Å². The molecule has 1 aliphatic carbocycles. The van der Waals surface area contributed by atoms with E-state index in [0.717, 1.165) is 12.8 Å². The van der Waals surface area contributed by atoms with E-state index in [1.165, 1.54) is 4.68 Å². The molecule has 9 nitrogen and oxygen atoms in total. The van der Waals surface area contributed by atoms with Crippen LogP contribution in [0.1, 0.15) is 49.6 Å². The Hall–Kier alpha value is -2.97. The van der Waals surface area contributed by atoms with Crippen molar-refractivity contribution in [2.45, 2.75) is 52.9 Å². The lowest BCUT2D eigenvalue weighted by atomic mass is 9.79. The third-order valence-corrected chi connectivity index (χ3v) is 5.25. The molecule has 1 aliphatic rings. The monoisotopic (exact) mass is 386 g/mol. The number of aliphatic carboxylic acids is 1. The van der Waals surface area contributed by atoms with E-state index in [1.54, 1.807) is 19.9 Å². The fourth-order valence-electron chi connectivity index (χ4n) is 3.81. The van der Waals surface area contributed by atoms with E-state index in [9.17, 15) is 19.5 Å².